The molecule has 0 saturated heterocycles. The Morgan fingerprint density at radius 1 is 0.364 bits per heavy atom. The summed E-state index contributed by atoms with van der Waals surface area (Å²) >= 11 is 8.56. The molecule has 0 bridgehead atoms. The van der Waals surface area contributed by atoms with Crippen LogP contribution < -0.4 is 15.6 Å². The number of hydrogen-bond donors (Lipinski definition) is 0. The van der Waals surface area contributed by atoms with Crippen LogP contribution in [0, 0.1) is 41.5 Å². The molecule has 0 saturated carbocycles. The van der Waals surface area contributed by atoms with Crippen molar-refractivity contribution in [1.82, 2.24) is 0 Å². The van der Waals surface area contributed by atoms with E-state index in [1.165, 1.54) is 82.3 Å². The normalized spacial score (nSPS) is 11.5. The highest BCUT2D eigenvalue weighted by Gasteiger charge is 2.43. The standard InChI is InChI=1S/C42H39ClSi/c1-28-22-37(34-16-10-7-11-17-34)31(4)40(25-28)44(43,41-26-29(2)23-38(32(41)5)35-18-12-8-13-19-35)42-27-30(3)24-39(33(42)6)36-20-14-9-15-21-36/h7-27H,1-6H3. The molecule has 0 aromatic heterocycles. The Kier molecular flexibility index (Phi) is 8.20. The van der Waals surface area contributed by atoms with Crippen LogP contribution in [-0.2, 0) is 0 Å². The van der Waals surface area contributed by atoms with Crippen molar-refractivity contribution in [1.29, 1.82) is 0 Å². The molecular formula is C42H39ClSi. The van der Waals surface area contributed by atoms with Gasteiger partial charge < -0.3 is 0 Å². The smallest absolute Gasteiger partial charge is 0.149 e. The molecule has 0 fully saturated rings. The van der Waals surface area contributed by atoms with E-state index in [0.717, 1.165) is 0 Å². The van der Waals surface area contributed by atoms with Gasteiger partial charge in [0.05, 0.1) is 0 Å². The second kappa shape index (κ2) is 12.1. The van der Waals surface area contributed by atoms with E-state index in [0.29, 0.717) is 0 Å². The largest absolute Gasteiger partial charge is 0.248 e. The van der Waals surface area contributed by atoms with Crippen LogP contribution in [0.2, 0.25) is 0 Å². The fraction of sp³-hybridized carbons (Fsp3) is 0.143. The predicted octanol–water partition coefficient (Wildman–Crippen LogP) is 9.74. The van der Waals surface area contributed by atoms with Crippen LogP contribution in [0.1, 0.15) is 33.4 Å². The van der Waals surface area contributed by atoms with E-state index in [1.807, 2.05) is 0 Å². The Morgan fingerprint density at radius 2 is 0.614 bits per heavy atom. The van der Waals surface area contributed by atoms with Crippen LogP contribution in [0.5, 0.6) is 0 Å². The van der Waals surface area contributed by atoms with E-state index in [1.54, 1.807) is 0 Å². The topological polar surface area (TPSA) is 0 Å². The van der Waals surface area contributed by atoms with E-state index < -0.39 is 7.38 Å². The molecule has 0 N–H and O–H groups in total. The first-order valence-electron chi connectivity index (χ1n) is 15.4. The Balaban J connectivity index is 1.74. The van der Waals surface area contributed by atoms with Crippen molar-refractivity contribution in [3.05, 3.63) is 161 Å². The summed E-state index contributed by atoms with van der Waals surface area (Å²) in [6.07, 6.45) is 0. The number of benzene rings is 6. The van der Waals surface area contributed by atoms with Crippen molar-refractivity contribution in [2.75, 3.05) is 0 Å². The molecule has 2 heteroatoms. The second-order valence-corrected chi connectivity index (χ2v) is 16.8. The predicted molar refractivity (Wildman–Crippen MR) is 195 cm³/mol. The minimum absolute atomic E-state index is 1.22. The van der Waals surface area contributed by atoms with Crippen molar-refractivity contribution in [2.24, 2.45) is 0 Å². The summed E-state index contributed by atoms with van der Waals surface area (Å²) in [5.74, 6) is 0. The number of rotatable bonds is 6. The lowest BCUT2D eigenvalue weighted by molar-refractivity contribution is 1.39. The van der Waals surface area contributed by atoms with Crippen LogP contribution in [0.25, 0.3) is 33.4 Å². The van der Waals surface area contributed by atoms with Gasteiger partial charge in [-0.3, -0.25) is 0 Å². The maximum absolute atomic E-state index is 8.56. The van der Waals surface area contributed by atoms with Crippen molar-refractivity contribution >= 4 is 34.0 Å². The summed E-state index contributed by atoms with van der Waals surface area (Å²) in [7, 11) is -3.13. The zero-order chi connectivity index (χ0) is 31.0. The molecule has 0 heterocycles. The van der Waals surface area contributed by atoms with E-state index >= 15 is 0 Å². The fourth-order valence-electron chi connectivity index (χ4n) is 6.84. The van der Waals surface area contributed by atoms with Gasteiger partial charge in [0.25, 0.3) is 0 Å². The fourth-order valence-corrected chi connectivity index (χ4v) is 12.7. The monoisotopic (exact) mass is 606 g/mol. The molecule has 0 radical (unpaired) electrons. The SMILES string of the molecule is Cc1cc(-c2ccccc2)c(C)c([Si](Cl)(c2cc(C)cc(-c3ccccc3)c2C)c2cc(C)cc(-c3ccccc3)c2C)c1. The third-order valence-corrected chi connectivity index (χ3v) is 14.6. The molecule has 44 heavy (non-hydrogen) atoms. The lowest BCUT2D eigenvalue weighted by Gasteiger charge is -2.34. The van der Waals surface area contributed by atoms with Crippen LogP contribution in [0.4, 0.5) is 0 Å². The van der Waals surface area contributed by atoms with Gasteiger partial charge in [-0.1, -0.05) is 144 Å². The number of halogens is 1. The number of aryl methyl sites for hydroxylation is 3. The molecule has 0 atom stereocenters. The van der Waals surface area contributed by atoms with Crippen molar-refractivity contribution in [3.8, 4) is 33.4 Å². The summed E-state index contributed by atoms with van der Waals surface area (Å²) in [5.41, 5.74) is 14.9. The third-order valence-electron chi connectivity index (χ3n) is 9.02. The first kappa shape index (κ1) is 29.9. The lowest BCUT2D eigenvalue weighted by Crippen LogP contribution is -2.65. The van der Waals surface area contributed by atoms with Gasteiger partial charge in [0.1, 0.15) is 0 Å². The molecule has 6 rings (SSSR count). The van der Waals surface area contributed by atoms with Crippen LogP contribution in [-0.4, -0.2) is 7.38 Å². The summed E-state index contributed by atoms with van der Waals surface area (Å²) < 4.78 is 0. The van der Waals surface area contributed by atoms with Gasteiger partial charge in [0.15, 0.2) is 0 Å². The Morgan fingerprint density at radius 3 is 0.864 bits per heavy atom. The van der Waals surface area contributed by atoms with Crippen LogP contribution >= 0.6 is 11.1 Å². The Labute approximate surface area is 268 Å². The van der Waals surface area contributed by atoms with Crippen LogP contribution in [0.15, 0.2) is 127 Å². The third kappa shape index (κ3) is 5.36. The molecule has 0 spiro atoms. The quantitative estimate of drug-likeness (QED) is 0.101. The van der Waals surface area contributed by atoms with E-state index in [4.69, 9.17) is 11.1 Å². The zero-order valence-electron chi connectivity index (χ0n) is 26.5. The van der Waals surface area contributed by atoms with E-state index in [-0.39, 0.29) is 0 Å². The minimum Gasteiger partial charge on any atom is -0.149 e. The van der Waals surface area contributed by atoms with E-state index in [9.17, 15) is 0 Å². The molecule has 0 aliphatic heterocycles. The van der Waals surface area contributed by atoms with Gasteiger partial charge in [-0.05, 0) is 107 Å². The summed E-state index contributed by atoms with van der Waals surface area (Å²) in [6.45, 7) is 13.4. The van der Waals surface area contributed by atoms with Gasteiger partial charge in [-0.25, -0.2) is 0 Å². The van der Waals surface area contributed by atoms with Crippen molar-refractivity contribution < 1.29 is 0 Å². The molecular weight excluding hydrogens is 568 g/mol. The molecule has 6 aromatic rings. The first-order valence-corrected chi connectivity index (χ1v) is 18.4. The van der Waals surface area contributed by atoms with Crippen molar-refractivity contribution in [2.45, 2.75) is 41.5 Å². The van der Waals surface area contributed by atoms with Gasteiger partial charge >= 0.3 is 0 Å². The van der Waals surface area contributed by atoms with Gasteiger partial charge in [0.2, 0.25) is 7.38 Å². The molecule has 6 aromatic carbocycles. The highest BCUT2D eigenvalue weighted by atomic mass is 35.6. The average molecular weight is 607 g/mol. The number of hydrogen-bond acceptors (Lipinski definition) is 0. The maximum Gasteiger partial charge on any atom is 0.248 e. The molecule has 0 unspecified atom stereocenters. The summed E-state index contributed by atoms with van der Waals surface area (Å²) in [6, 6.07) is 46.3. The molecule has 0 amide bonds. The zero-order valence-corrected chi connectivity index (χ0v) is 28.3. The summed E-state index contributed by atoms with van der Waals surface area (Å²) in [4.78, 5) is 0. The summed E-state index contributed by atoms with van der Waals surface area (Å²) in [5, 5.41) is 3.79. The highest BCUT2D eigenvalue weighted by Crippen LogP contribution is 2.32. The van der Waals surface area contributed by atoms with Crippen LogP contribution in [0.3, 0.4) is 0 Å². The van der Waals surface area contributed by atoms with Gasteiger partial charge in [-0.15, -0.1) is 11.1 Å². The molecule has 0 nitrogen and oxygen atoms in total. The Bertz CT molecular complexity index is 1730. The second-order valence-electron chi connectivity index (χ2n) is 12.2. The van der Waals surface area contributed by atoms with E-state index in [2.05, 4.69) is 169 Å². The molecule has 218 valence electrons. The molecule has 0 aliphatic rings. The van der Waals surface area contributed by atoms with Gasteiger partial charge in [0, 0.05) is 0 Å². The molecule has 0 aliphatic carbocycles. The van der Waals surface area contributed by atoms with Gasteiger partial charge in [-0.2, -0.15) is 0 Å². The lowest BCUT2D eigenvalue weighted by atomic mass is 9.98. The Hall–Kier alpha value is -4.17. The maximum atomic E-state index is 8.56. The first-order chi connectivity index (χ1) is 21.2. The average Bonchev–Trinajstić information content (AvgIpc) is 3.04. The highest BCUT2D eigenvalue weighted by molar-refractivity contribution is 7.40. The van der Waals surface area contributed by atoms with Crippen molar-refractivity contribution in [3.63, 3.8) is 0 Å². The minimum atomic E-state index is -3.13.